The number of terminal acetylenes is 1. The van der Waals surface area contributed by atoms with Gasteiger partial charge in [-0.2, -0.15) is 0 Å². The molecular weight excluding hydrogens is 220 g/mol. The molecule has 2 rings (SSSR count). The Labute approximate surface area is 110 Å². The van der Waals surface area contributed by atoms with E-state index >= 15 is 0 Å². The Bertz CT molecular complexity index is 432. The number of ketones is 1. The summed E-state index contributed by atoms with van der Waals surface area (Å²) in [6.07, 6.45) is 11.9. The minimum absolute atomic E-state index is 0.254. The van der Waals surface area contributed by atoms with Crippen molar-refractivity contribution in [1.29, 1.82) is 0 Å². The fourth-order valence-corrected chi connectivity index (χ4v) is 3.07. The van der Waals surface area contributed by atoms with Crippen LogP contribution in [0.3, 0.4) is 0 Å². The molecule has 0 aliphatic heterocycles. The van der Waals surface area contributed by atoms with E-state index in [0.29, 0.717) is 18.6 Å². The molecule has 1 aromatic rings. The molecule has 1 nitrogen and oxygen atoms in total. The Morgan fingerprint density at radius 2 is 1.83 bits per heavy atom. The molecule has 0 aromatic heterocycles. The van der Waals surface area contributed by atoms with Gasteiger partial charge in [-0.3, -0.25) is 4.79 Å². The molecule has 0 unspecified atom stereocenters. The first kappa shape index (κ1) is 12.9. The lowest BCUT2D eigenvalue weighted by Gasteiger charge is -2.36. The fraction of sp³-hybridized carbons (Fsp3) is 0.471. The fourth-order valence-electron chi connectivity index (χ4n) is 3.07. The second kappa shape index (κ2) is 5.87. The van der Waals surface area contributed by atoms with Gasteiger partial charge in [-0.05, 0) is 18.4 Å². The van der Waals surface area contributed by atoms with Gasteiger partial charge in [0.05, 0.1) is 5.41 Å². The minimum atomic E-state index is -0.254. The molecule has 0 saturated heterocycles. The smallest absolute Gasteiger partial charge is 0.144 e. The van der Waals surface area contributed by atoms with Crippen molar-refractivity contribution in [2.24, 2.45) is 0 Å². The van der Waals surface area contributed by atoms with E-state index in [1.807, 2.05) is 18.2 Å². The Morgan fingerprint density at radius 1 is 1.17 bits per heavy atom. The lowest BCUT2D eigenvalue weighted by atomic mass is 9.66. The summed E-state index contributed by atoms with van der Waals surface area (Å²) in [5.74, 6) is 2.92. The zero-order valence-corrected chi connectivity index (χ0v) is 10.8. The molecule has 0 heterocycles. The van der Waals surface area contributed by atoms with Gasteiger partial charge in [-0.1, -0.05) is 49.6 Å². The van der Waals surface area contributed by atoms with Crippen molar-refractivity contribution in [1.82, 2.24) is 0 Å². The van der Waals surface area contributed by atoms with Gasteiger partial charge in [0.25, 0.3) is 0 Å². The summed E-state index contributed by atoms with van der Waals surface area (Å²) in [4.78, 5) is 12.6. The summed E-state index contributed by atoms with van der Waals surface area (Å²) < 4.78 is 0. The number of benzene rings is 1. The molecule has 1 fully saturated rings. The van der Waals surface area contributed by atoms with E-state index in [-0.39, 0.29) is 5.41 Å². The third kappa shape index (κ3) is 2.48. The van der Waals surface area contributed by atoms with Crippen molar-refractivity contribution in [3.63, 3.8) is 0 Å². The van der Waals surface area contributed by atoms with Gasteiger partial charge >= 0.3 is 0 Å². The van der Waals surface area contributed by atoms with Crippen LogP contribution in [0.25, 0.3) is 0 Å². The Morgan fingerprint density at radius 3 is 2.44 bits per heavy atom. The second-order valence-corrected chi connectivity index (χ2v) is 5.14. The van der Waals surface area contributed by atoms with E-state index in [0.717, 1.165) is 25.7 Å². The number of carbonyl (C=O) groups is 1. The molecule has 1 heteroatoms. The largest absolute Gasteiger partial charge is 0.299 e. The van der Waals surface area contributed by atoms with Crippen LogP contribution in [0, 0.1) is 12.3 Å². The van der Waals surface area contributed by atoms with Gasteiger partial charge in [0, 0.05) is 12.8 Å². The average molecular weight is 240 g/mol. The van der Waals surface area contributed by atoms with Gasteiger partial charge in [0.1, 0.15) is 5.78 Å². The van der Waals surface area contributed by atoms with E-state index in [4.69, 9.17) is 6.42 Å². The predicted molar refractivity (Wildman–Crippen MR) is 74.3 cm³/mol. The summed E-state index contributed by atoms with van der Waals surface area (Å²) in [6.45, 7) is 0. The second-order valence-electron chi connectivity index (χ2n) is 5.14. The minimum Gasteiger partial charge on any atom is -0.299 e. The van der Waals surface area contributed by atoms with Crippen LogP contribution in [0.5, 0.6) is 0 Å². The quantitative estimate of drug-likeness (QED) is 0.730. The van der Waals surface area contributed by atoms with E-state index in [1.54, 1.807) is 0 Å². The summed E-state index contributed by atoms with van der Waals surface area (Å²) in [7, 11) is 0. The first-order chi connectivity index (χ1) is 8.79. The standard InChI is InChI=1S/C17H20O/c1-2-3-12-16(18)17(13-8-5-9-14-17)15-10-6-4-7-11-15/h1,4,6-7,10-11H,3,5,8-9,12-14H2. The van der Waals surface area contributed by atoms with E-state index in [2.05, 4.69) is 18.1 Å². The highest BCUT2D eigenvalue weighted by Crippen LogP contribution is 2.41. The molecule has 1 saturated carbocycles. The molecule has 1 aromatic carbocycles. The number of Topliss-reactive ketones (excluding diaryl/α,β-unsaturated/α-hetero) is 1. The molecule has 0 radical (unpaired) electrons. The highest BCUT2D eigenvalue weighted by molar-refractivity contribution is 5.90. The predicted octanol–water partition coefficient (Wildman–Crippen LogP) is 3.87. The van der Waals surface area contributed by atoms with E-state index in [1.165, 1.54) is 12.0 Å². The summed E-state index contributed by atoms with van der Waals surface area (Å²) in [5.41, 5.74) is 0.933. The molecule has 0 N–H and O–H groups in total. The van der Waals surface area contributed by atoms with E-state index < -0.39 is 0 Å². The molecule has 0 spiro atoms. The lowest BCUT2D eigenvalue weighted by Crippen LogP contribution is -2.37. The van der Waals surface area contributed by atoms with Gasteiger partial charge < -0.3 is 0 Å². The number of carbonyl (C=O) groups excluding carboxylic acids is 1. The van der Waals surface area contributed by atoms with Gasteiger partial charge in [0.15, 0.2) is 0 Å². The van der Waals surface area contributed by atoms with Gasteiger partial charge in [0.2, 0.25) is 0 Å². The van der Waals surface area contributed by atoms with Crippen molar-refractivity contribution in [3.8, 4) is 12.3 Å². The Hall–Kier alpha value is -1.55. The molecule has 94 valence electrons. The normalized spacial score (nSPS) is 17.9. The number of rotatable bonds is 4. The number of hydrogen-bond donors (Lipinski definition) is 0. The molecule has 0 amide bonds. The Balaban J connectivity index is 2.29. The first-order valence-corrected chi connectivity index (χ1v) is 6.82. The highest BCUT2D eigenvalue weighted by Gasteiger charge is 2.39. The van der Waals surface area contributed by atoms with Crippen LogP contribution in [0.1, 0.15) is 50.5 Å². The van der Waals surface area contributed by atoms with Crippen molar-refractivity contribution in [3.05, 3.63) is 35.9 Å². The van der Waals surface area contributed by atoms with Crippen LogP contribution in [0.2, 0.25) is 0 Å². The topological polar surface area (TPSA) is 17.1 Å². The van der Waals surface area contributed by atoms with E-state index in [9.17, 15) is 4.79 Å². The maximum absolute atomic E-state index is 12.6. The van der Waals surface area contributed by atoms with Gasteiger partial charge in [-0.25, -0.2) is 0 Å². The van der Waals surface area contributed by atoms with Crippen molar-refractivity contribution in [2.45, 2.75) is 50.4 Å². The summed E-state index contributed by atoms with van der Waals surface area (Å²) in [5, 5.41) is 0. The molecule has 18 heavy (non-hydrogen) atoms. The average Bonchev–Trinajstić information content (AvgIpc) is 2.46. The maximum atomic E-state index is 12.6. The summed E-state index contributed by atoms with van der Waals surface area (Å²) in [6, 6.07) is 10.3. The SMILES string of the molecule is C#CCCC(=O)C1(c2ccccc2)CCCCC1. The van der Waals surface area contributed by atoms with Crippen LogP contribution in [-0.2, 0) is 10.2 Å². The van der Waals surface area contributed by atoms with Crippen LogP contribution >= 0.6 is 0 Å². The van der Waals surface area contributed by atoms with Crippen LogP contribution in [-0.4, -0.2) is 5.78 Å². The summed E-state index contributed by atoms with van der Waals surface area (Å²) >= 11 is 0. The van der Waals surface area contributed by atoms with Crippen molar-refractivity contribution < 1.29 is 4.79 Å². The Kier molecular flexibility index (Phi) is 4.20. The third-order valence-electron chi connectivity index (χ3n) is 4.06. The lowest BCUT2D eigenvalue weighted by molar-refractivity contribution is -0.125. The molecule has 1 aliphatic carbocycles. The molecule has 0 bridgehead atoms. The number of hydrogen-bond acceptors (Lipinski definition) is 1. The monoisotopic (exact) mass is 240 g/mol. The molecule has 0 atom stereocenters. The highest BCUT2D eigenvalue weighted by atomic mass is 16.1. The van der Waals surface area contributed by atoms with Gasteiger partial charge in [-0.15, -0.1) is 12.3 Å². The zero-order valence-electron chi connectivity index (χ0n) is 10.8. The third-order valence-corrected chi connectivity index (χ3v) is 4.06. The van der Waals surface area contributed by atoms with Crippen LogP contribution in [0.15, 0.2) is 30.3 Å². The maximum Gasteiger partial charge on any atom is 0.144 e. The van der Waals surface area contributed by atoms with Crippen LogP contribution < -0.4 is 0 Å². The van der Waals surface area contributed by atoms with Crippen molar-refractivity contribution >= 4 is 5.78 Å². The zero-order chi connectivity index (χ0) is 12.8. The molecule has 1 aliphatic rings. The first-order valence-electron chi connectivity index (χ1n) is 6.82. The van der Waals surface area contributed by atoms with Crippen molar-refractivity contribution in [2.75, 3.05) is 0 Å². The molecular formula is C17H20O. The van der Waals surface area contributed by atoms with Crippen LogP contribution in [0.4, 0.5) is 0 Å².